The number of hydrogen-bond acceptors (Lipinski definition) is 1. The summed E-state index contributed by atoms with van der Waals surface area (Å²) >= 11 is 0. The van der Waals surface area contributed by atoms with E-state index in [1.807, 2.05) is 30.3 Å². The minimum Gasteiger partial charge on any atom is -0.326 e. The molecule has 0 bridgehead atoms. The third-order valence-corrected chi connectivity index (χ3v) is 3.62. The van der Waals surface area contributed by atoms with E-state index in [2.05, 4.69) is 19.2 Å². The first kappa shape index (κ1) is 11.2. The van der Waals surface area contributed by atoms with Gasteiger partial charge in [0.1, 0.15) is 0 Å². The zero-order chi connectivity index (χ0) is 11.6. The van der Waals surface area contributed by atoms with Gasteiger partial charge in [0.2, 0.25) is 5.91 Å². The van der Waals surface area contributed by atoms with Crippen molar-refractivity contribution in [1.29, 1.82) is 0 Å². The number of carbonyl (C=O) groups is 1. The van der Waals surface area contributed by atoms with Crippen LogP contribution in [0.15, 0.2) is 30.3 Å². The lowest BCUT2D eigenvalue weighted by molar-refractivity contribution is -0.122. The minimum absolute atomic E-state index is 0.152. The van der Waals surface area contributed by atoms with Gasteiger partial charge in [-0.2, -0.15) is 0 Å². The van der Waals surface area contributed by atoms with Crippen LogP contribution in [-0.4, -0.2) is 5.91 Å². The van der Waals surface area contributed by atoms with Gasteiger partial charge in [-0.15, -0.1) is 0 Å². The number of amides is 1. The second kappa shape index (κ2) is 4.28. The molecule has 1 amide bonds. The van der Waals surface area contributed by atoms with E-state index in [1.165, 1.54) is 6.42 Å². The first-order valence-corrected chi connectivity index (χ1v) is 5.95. The highest BCUT2D eigenvalue weighted by atomic mass is 16.1. The molecule has 86 valence electrons. The van der Waals surface area contributed by atoms with Crippen LogP contribution in [0.1, 0.15) is 33.1 Å². The van der Waals surface area contributed by atoms with Gasteiger partial charge in [0.05, 0.1) is 0 Å². The van der Waals surface area contributed by atoms with E-state index in [0.29, 0.717) is 0 Å². The molecule has 1 aliphatic carbocycles. The summed E-state index contributed by atoms with van der Waals surface area (Å²) in [5.41, 5.74) is 1.05. The van der Waals surface area contributed by atoms with E-state index in [-0.39, 0.29) is 17.2 Å². The number of para-hydroxylation sites is 1. The molecule has 1 N–H and O–H groups in total. The molecule has 0 saturated heterocycles. The Hall–Kier alpha value is -1.31. The van der Waals surface area contributed by atoms with Crippen LogP contribution in [0.5, 0.6) is 0 Å². The van der Waals surface area contributed by atoms with Crippen LogP contribution in [0.4, 0.5) is 5.69 Å². The Morgan fingerprint density at radius 3 is 2.56 bits per heavy atom. The Morgan fingerprint density at radius 2 is 2.00 bits per heavy atom. The Bertz CT molecular complexity index is 370. The molecule has 0 radical (unpaired) electrons. The fourth-order valence-corrected chi connectivity index (χ4v) is 2.56. The fraction of sp³-hybridized carbons (Fsp3) is 0.500. The molecule has 1 aromatic carbocycles. The summed E-state index contributed by atoms with van der Waals surface area (Å²) < 4.78 is 0. The lowest BCUT2D eigenvalue weighted by Gasteiger charge is -2.25. The van der Waals surface area contributed by atoms with E-state index >= 15 is 0 Å². The summed E-state index contributed by atoms with van der Waals surface area (Å²) in [5.74, 6) is 0.335. The molecule has 0 aliphatic heterocycles. The van der Waals surface area contributed by atoms with E-state index in [4.69, 9.17) is 0 Å². The molecule has 16 heavy (non-hydrogen) atoms. The van der Waals surface area contributed by atoms with Gasteiger partial charge in [-0.3, -0.25) is 4.79 Å². The van der Waals surface area contributed by atoms with E-state index in [1.54, 1.807) is 0 Å². The molecular formula is C14H19NO. The van der Waals surface area contributed by atoms with Crippen LogP contribution in [0, 0.1) is 11.3 Å². The molecular weight excluding hydrogens is 198 g/mol. The van der Waals surface area contributed by atoms with Gasteiger partial charge in [0, 0.05) is 11.6 Å². The highest BCUT2D eigenvalue weighted by Gasteiger charge is 2.39. The number of hydrogen-bond donors (Lipinski definition) is 1. The number of nitrogens with one attached hydrogen (secondary N) is 1. The van der Waals surface area contributed by atoms with Gasteiger partial charge >= 0.3 is 0 Å². The maximum atomic E-state index is 12.1. The van der Waals surface area contributed by atoms with Crippen molar-refractivity contribution in [2.24, 2.45) is 11.3 Å². The normalized spacial score (nSPS) is 23.0. The third kappa shape index (κ3) is 2.26. The van der Waals surface area contributed by atoms with Crippen molar-refractivity contribution < 1.29 is 4.79 Å². The quantitative estimate of drug-likeness (QED) is 0.807. The first-order valence-electron chi connectivity index (χ1n) is 5.95. The Balaban J connectivity index is 2.04. The highest BCUT2D eigenvalue weighted by molar-refractivity contribution is 5.93. The SMILES string of the molecule is CC1(C)CCCC1C(=O)Nc1ccccc1. The molecule has 1 aromatic rings. The highest BCUT2D eigenvalue weighted by Crippen LogP contribution is 2.42. The van der Waals surface area contributed by atoms with Crippen molar-refractivity contribution in [3.05, 3.63) is 30.3 Å². The molecule has 2 nitrogen and oxygen atoms in total. The molecule has 0 spiro atoms. The second-order valence-corrected chi connectivity index (χ2v) is 5.29. The largest absolute Gasteiger partial charge is 0.326 e. The average molecular weight is 217 g/mol. The van der Waals surface area contributed by atoms with Crippen molar-refractivity contribution >= 4 is 11.6 Å². The van der Waals surface area contributed by atoms with Crippen molar-refractivity contribution in [2.45, 2.75) is 33.1 Å². The Kier molecular flexibility index (Phi) is 2.99. The van der Waals surface area contributed by atoms with E-state index in [0.717, 1.165) is 18.5 Å². The van der Waals surface area contributed by atoms with Gasteiger partial charge in [-0.25, -0.2) is 0 Å². The standard InChI is InChI=1S/C14H19NO/c1-14(2)10-6-9-12(14)13(16)15-11-7-4-3-5-8-11/h3-5,7-8,12H,6,9-10H2,1-2H3,(H,15,16). The maximum Gasteiger partial charge on any atom is 0.228 e. The van der Waals surface area contributed by atoms with Crippen LogP contribution in [-0.2, 0) is 4.79 Å². The second-order valence-electron chi connectivity index (χ2n) is 5.29. The van der Waals surface area contributed by atoms with E-state index < -0.39 is 0 Å². The molecule has 1 fully saturated rings. The summed E-state index contributed by atoms with van der Waals surface area (Å²) in [6, 6.07) is 9.69. The third-order valence-electron chi connectivity index (χ3n) is 3.62. The number of rotatable bonds is 2. The molecule has 0 aromatic heterocycles. The average Bonchev–Trinajstić information content (AvgIpc) is 2.59. The van der Waals surface area contributed by atoms with Gasteiger partial charge in [0.15, 0.2) is 0 Å². The zero-order valence-corrected chi connectivity index (χ0v) is 9.99. The molecule has 2 heteroatoms. The van der Waals surface area contributed by atoms with Crippen molar-refractivity contribution in [1.82, 2.24) is 0 Å². The first-order chi connectivity index (χ1) is 7.59. The number of anilines is 1. The Labute approximate surface area is 97.1 Å². The predicted octanol–water partition coefficient (Wildman–Crippen LogP) is 3.45. The summed E-state index contributed by atoms with van der Waals surface area (Å²) in [6.07, 6.45) is 3.34. The van der Waals surface area contributed by atoms with Gasteiger partial charge < -0.3 is 5.32 Å². The Morgan fingerprint density at radius 1 is 1.31 bits per heavy atom. The minimum atomic E-state index is 0.152. The maximum absolute atomic E-state index is 12.1. The fourth-order valence-electron chi connectivity index (χ4n) is 2.56. The predicted molar refractivity (Wildman–Crippen MR) is 66.2 cm³/mol. The van der Waals surface area contributed by atoms with Crippen LogP contribution in [0.3, 0.4) is 0 Å². The summed E-state index contributed by atoms with van der Waals surface area (Å²) in [7, 11) is 0. The summed E-state index contributed by atoms with van der Waals surface area (Å²) in [5, 5.41) is 3.00. The van der Waals surface area contributed by atoms with Crippen LogP contribution >= 0.6 is 0 Å². The van der Waals surface area contributed by atoms with Gasteiger partial charge in [0.25, 0.3) is 0 Å². The lowest BCUT2D eigenvalue weighted by Crippen LogP contribution is -2.30. The van der Waals surface area contributed by atoms with Crippen molar-refractivity contribution in [3.63, 3.8) is 0 Å². The van der Waals surface area contributed by atoms with Crippen molar-refractivity contribution in [2.75, 3.05) is 5.32 Å². The van der Waals surface area contributed by atoms with Crippen LogP contribution < -0.4 is 5.32 Å². The van der Waals surface area contributed by atoms with Gasteiger partial charge in [-0.05, 0) is 30.4 Å². The molecule has 1 unspecified atom stereocenters. The molecule has 1 saturated carbocycles. The molecule has 0 heterocycles. The number of benzene rings is 1. The number of carbonyl (C=O) groups excluding carboxylic acids is 1. The summed E-state index contributed by atoms with van der Waals surface area (Å²) in [4.78, 5) is 12.1. The molecule has 1 aliphatic rings. The van der Waals surface area contributed by atoms with Crippen LogP contribution in [0.2, 0.25) is 0 Å². The van der Waals surface area contributed by atoms with Gasteiger partial charge in [-0.1, -0.05) is 38.5 Å². The topological polar surface area (TPSA) is 29.1 Å². The van der Waals surface area contributed by atoms with Crippen LogP contribution in [0.25, 0.3) is 0 Å². The lowest BCUT2D eigenvalue weighted by atomic mass is 9.81. The molecule has 2 rings (SSSR count). The van der Waals surface area contributed by atoms with Crippen molar-refractivity contribution in [3.8, 4) is 0 Å². The summed E-state index contributed by atoms with van der Waals surface area (Å²) in [6.45, 7) is 4.38. The molecule has 1 atom stereocenters. The van der Waals surface area contributed by atoms with E-state index in [9.17, 15) is 4.79 Å². The monoisotopic (exact) mass is 217 g/mol. The smallest absolute Gasteiger partial charge is 0.228 e. The zero-order valence-electron chi connectivity index (χ0n) is 9.99.